The van der Waals surface area contributed by atoms with Crippen molar-refractivity contribution in [2.75, 3.05) is 25.5 Å². The first-order valence-electron chi connectivity index (χ1n) is 8.78. The zero-order valence-electron chi connectivity index (χ0n) is 15.4. The highest BCUT2D eigenvalue weighted by atomic mass is 32.1. The van der Waals surface area contributed by atoms with E-state index in [0.717, 1.165) is 40.3 Å². The molecule has 0 radical (unpaired) electrons. The van der Waals surface area contributed by atoms with Crippen LogP contribution in [-0.4, -0.2) is 36.9 Å². The second-order valence-electron chi connectivity index (χ2n) is 6.69. The maximum absolute atomic E-state index is 12.8. The monoisotopic (exact) mass is 372 g/mol. The SMILES string of the molecule is COc1ccc(NC(=O)N2CCCC(C(=O)c3sccc3C)C2)c(C)c1. The Labute approximate surface area is 158 Å². The van der Waals surface area contributed by atoms with Crippen molar-refractivity contribution in [2.45, 2.75) is 26.7 Å². The lowest BCUT2D eigenvalue weighted by molar-refractivity contribution is 0.0855. The normalized spacial score (nSPS) is 17.0. The molecule has 2 amide bonds. The first kappa shape index (κ1) is 18.5. The van der Waals surface area contributed by atoms with Gasteiger partial charge in [-0.3, -0.25) is 4.79 Å². The summed E-state index contributed by atoms with van der Waals surface area (Å²) in [6.45, 7) is 5.04. The van der Waals surface area contributed by atoms with Crippen molar-refractivity contribution in [3.05, 3.63) is 45.6 Å². The third-order valence-electron chi connectivity index (χ3n) is 4.84. The number of rotatable bonds is 4. The van der Waals surface area contributed by atoms with Crippen LogP contribution in [0.5, 0.6) is 5.75 Å². The topological polar surface area (TPSA) is 58.6 Å². The van der Waals surface area contributed by atoms with Crippen LogP contribution >= 0.6 is 11.3 Å². The minimum absolute atomic E-state index is 0.121. The number of likely N-dealkylation sites (tertiary alicyclic amines) is 1. The Bertz CT molecular complexity index is 815. The van der Waals surface area contributed by atoms with Crippen molar-refractivity contribution in [1.29, 1.82) is 0 Å². The van der Waals surface area contributed by atoms with E-state index in [2.05, 4.69) is 5.32 Å². The molecule has 26 heavy (non-hydrogen) atoms. The predicted molar refractivity (Wildman–Crippen MR) is 104 cm³/mol. The molecule has 5 nitrogen and oxygen atoms in total. The number of anilines is 1. The molecule has 0 saturated carbocycles. The molecule has 138 valence electrons. The quantitative estimate of drug-likeness (QED) is 0.804. The summed E-state index contributed by atoms with van der Waals surface area (Å²) in [5.74, 6) is 0.801. The average Bonchev–Trinajstić information content (AvgIpc) is 3.08. The van der Waals surface area contributed by atoms with Crippen LogP contribution in [0.25, 0.3) is 0 Å². The third kappa shape index (κ3) is 3.90. The van der Waals surface area contributed by atoms with E-state index in [-0.39, 0.29) is 17.7 Å². The number of amides is 2. The van der Waals surface area contributed by atoms with Crippen molar-refractivity contribution in [2.24, 2.45) is 5.92 Å². The number of aryl methyl sites for hydroxylation is 2. The fourth-order valence-corrected chi connectivity index (χ4v) is 4.23. The molecule has 1 unspecified atom stereocenters. The number of carbonyl (C=O) groups excluding carboxylic acids is 2. The molecule has 1 saturated heterocycles. The molecule has 1 N–H and O–H groups in total. The fraction of sp³-hybridized carbons (Fsp3) is 0.400. The van der Waals surface area contributed by atoms with E-state index in [1.807, 2.05) is 43.5 Å². The third-order valence-corrected chi connectivity index (χ3v) is 5.87. The molecule has 1 aliphatic heterocycles. The Balaban J connectivity index is 1.66. The highest BCUT2D eigenvalue weighted by Gasteiger charge is 2.30. The van der Waals surface area contributed by atoms with Crippen molar-refractivity contribution in [3.63, 3.8) is 0 Å². The van der Waals surface area contributed by atoms with Gasteiger partial charge in [0.2, 0.25) is 0 Å². The molecular weight excluding hydrogens is 348 g/mol. The predicted octanol–water partition coefficient (Wildman–Crippen LogP) is 4.50. The highest BCUT2D eigenvalue weighted by molar-refractivity contribution is 7.12. The molecule has 0 spiro atoms. The van der Waals surface area contributed by atoms with Gasteiger partial charge in [-0.05, 0) is 67.5 Å². The van der Waals surface area contributed by atoms with E-state index >= 15 is 0 Å². The minimum Gasteiger partial charge on any atom is -0.497 e. The van der Waals surface area contributed by atoms with E-state index < -0.39 is 0 Å². The molecule has 1 atom stereocenters. The van der Waals surface area contributed by atoms with E-state index in [1.54, 1.807) is 12.0 Å². The second kappa shape index (κ2) is 7.91. The van der Waals surface area contributed by atoms with Gasteiger partial charge in [0.05, 0.1) is 12.0 Å². The zero-order valence-corrected chi connectivity index (χ0v) is 16.2. The summed E-state index contributed by atoms with van der Waals surface area (Å²) in [6, 6.07) is 7.37. The number of benzene rings is 1. The van der Waals surface area contributed by atoms with Gasteiger partial charge in [0.1, 0.15) is 5.75 Å². The number of Topliss-reactive ketones (excluding diaryl/α,β-unsaturated/α-hetero) is 1. The summed E-state index contributed by atoms with van der Waals surface area (Å²) in [4.78, 5) is 28.0. The first-order chi connectivity index (χ1) is 12.5. The maximum Gasteiger partial charge on any atom is 0.321 e. The molecule has 1 aromatic heterocycles. The number of thiophene rings is 1. The summed E-state index contributed by atoms with van der Waals surface area (Å²) in [5.41, 5.74) is 2.73. The van der Waals surface area contributed by atoms with Gasteiger partial charge in [-0.1, -0.05) is 0 Å². The van der Waals surface area contributed by atoms with E-state index in [1.165, 1.54) is 11.3 Å². The van der Waals surface area contributed by atoms with Gasteiger partial charge < -0.3 is 15.0 Å². The number of ketones is 1. The summed E-state index contributed by atoms with van der Waals surface area (Å²) >= 11 is 1.49. The second-order valence-corrected chi connectivity index (χ2v) is 7.61. The highest BCUT2D eigenvalue weighted by Crippen LogP contribution is 2.27. The smallest absolute Gasteiger partial charge is 0.321 e. The van der Waals surface area contributed by atoms with Crippen molar-refractivity contribution in [1.82, 2.24) is 4.90 Å². The summed E-state index contributed by atoms with van der Waals surface area (Å²) in [7, 11) is 1.62. The van der Waals surface area contributed by atoms with E-state index in [4.69, 9.17) is 4.74 Å². The number of hydrogen-bond donors (Lipinski definition) is 1. The van der Waals surface area contributed by atoms with Crippen molar-refractivity contribution >= 4 is 28.8 Å². The van der Waals surface area contributed by atoms with Gasteiger partial charge in [-0.25, -0.2) is 4.79 Å². The Morgan fingerprint density at radius 3 is 2.69 bits per heavy atom. The van der Waals surface area contributed by atoms with Crippen LogP contribution in [0.2, 0.25) is 0 Å². The van der Waals surface area contributed by atoms with Gasteiger partial charge in [0.25, 0.3) is 0 Å². The van der Waals surface area contributed by atoms with Crippen LogP contribution in [0.3, 0.4) is 0 Å². The molecular formula is C20H24N2O3S. The van der Waals surface area contributed by atoms with E-state index in [9.17, 15) is 9.59 Å². The van der Waals surface area contributed by atoms with Crippen LogP contribution in [0, 0.1) is 19.8 Å². The lowest BCUT2D eigenvalue weighted by atomic mass is 9.92. The van der Waals surface area contributed by atoms with Crippen LogP contribution in [0.4, 0.5) is 10.5 Å². The van der Waals surface area contributed by atoms with Crippen LogP contribution < -0.4 is 10.1 Å². The van der Waals surface area contributed by atoms with Crippen LogP contribution in [-0.2, 0) is 0 Å². The minimum atomic E-state index is -0.154. The number of piperidine rings is 1. The fourth-order valence-electron chi connectivity index (χ4n) is 3.28. The van der Waals surface area contributed by atoms with Gasteiger partial charge >= 0.3 is 6.03 Å². The van der Waals surface area contributed by atoms with Gasteiger partial charge in [-0.15, -0.1) is 11.3 Å². The number of carbonyl (C=O) groups is 2. The standard InChI is InChI=1S/C20H24N2O3S/c1-13-8-10-26-19(13)18(23)15-5-4-9-22(12-15)20(24)21-17-7-6-16(25-3)11-14(17)2/h6-8,10-11,15H,4-5,9,12H2,1-3H3,(H,21,24). The van der Waals surface area contributed by atoms with Crippen LogP contribution in [0.1, 0.15) is 33.6 Å². The average molecular weight is 372 g/mol. The maximum atomic E-state index is 12.8. The largest absolute Gasteiger partial charge is 0.497 e. The lowest BCUT2D eigenvalue weighted by Crippen LogP contribution is -2.44. The molecule has 2 heterocycles. The van der Waals surface area contributed by atoms with Crippen LogP contribution in [0.15, 0.2) is 29.6 Å². The number of nitrogens with zero attached hydrogens (tertiary/aromatic N) is 1. The number of methoxy groups -OCH3 is 1. The lowest BCUT2D eigenvalue weighted by Gasteiger charge is -2.32. The number of nitrogens with one attached hydrogen (secondary N) is 1. The summed E-state index contributed by atoms with van der Waals surface area (Å²) in [6.07, 6.45) is 1.68. The molecule has 6 heteroatoms. The summed E-state index contributed by atoms with van der Waals surface area (Å²) in [5, 5.41) is 4.91. The molecule has 0 bridgehead atoms. The van der Waals surface area contributed by atoms with Crippen molar-refractivity contribution in [3.8, 4) is 5.75 Å². The summed E-state index contributed by atoms with van der Waals surface area (Å²) < 4.78 is 5.20. The van der Waals surface area contributed by atoms with E-state index in [0.29, 0.717) is 13.1 Å². The Kier molecular flexibility index (Phi) is 5.61. The number of urea groups is 1. The zero-order chi connectivity index (χ0) is 18.7. The molecule has 3 rings (SSSR count). The first-order valence-corrected chi connectivity index (χ1v) is 9.66. The van der Waals surface area contributed by atoms with Gasteiger partial charge in [-0.2, -0.15) is 0 Å². The molecule has 1 aromatic carbocycles. The van der Waals surface area contributed by atoms with Crippen molar-refractivity contribution < 1.29 is 14.3 Å². The Morgan fingerprint density at radius 2 is 2.04 bits per heavy atom. The molecule has 0 aliphatic carbocycles. The molecule has 1 aliphatic rings. The molecule has 2 aromatic rings. The Hall–Kier alpha value is -2.34. The van der Waals surface area contributed by atoms with Gasteiger partial charge in [0.15, 0.2) is 5.78 Å². The number of ether oxygens (including phenoxy) is 1. The molecule has 1 fully saturated rings. The Morgan fingerprint density at radius 1 is 1.23 bits per heavy atom. The number of hydrogen-bond acceptors (Lipinski definition) is 4. The van der Waals surface area contributed by atoms with Gasteiger partial charge in [0, 0.05) is 24.7 Å².